The Hall–Kier alpha value is -3.96. The largest absolute Gasteiger partial charge is 1.00 e. The lowest BCUT2D eigenvalue weighted by molar-refractivity contribution is -0.684. The Morgan fingerprint density at radius 2 is 0.833 bits per heavy atom. The maximum atomic E-state index is 12.4. The van der Waals surface area contributed by atoms with E-state index in [4.69, 9.17) is 0 Å². The normalized spacial score (nSPS) is 13.9. The smallest absolute Gasteiger partial charge is 0.286 e. The van der Waals surface area contributed by atoms with Gasteiger partial charge in [-0.3, -0.25) is 9.59 Å². The molecule has 2 aliphatic heterocycles. The van der Waals surface area contributed by atoms with Gasteiger partial charge in [0.1, 0.15) is 0 Å². The molecule has 2 N–H and O–H groups in total. The molecule has 12 heteroatoms. The zero-order valence-corrected chi connectivity index (χ0v) is 33.8. The van der Waals surface area contributed by atoms with Crippen LogP contribution in [0.4, 0.5) is 11.4 Å². The van der Waals surface area contributed by atoms with Crippen LogP contribution in [0.15, 0.2) is 97.6 Å². The molecule has 0 bridgehead atoms. The molecule has 0 unspecified atom stereocenters. The van der Waals surface area contributed by atoms with Crippen LogP contribution < -0.4 is 54.4 Å². The molecule has 2 saturated heterocycles. The molecule has 0 saturated carbocycles. The summed E-state index contributed by atoms with van der Waals surface area (Å²) in [5.74, 6) is 1.60. The summed E-state index contributed by atoms with van der Waals surface area (Å²) in [6.45, 7) is 6.41. The summed E-state index contributed by atoms with van der Waals surface area (Å²) < 4.78 is 3.78. The first-order valence-corrected chi connectivity index (χ1v) is 20.9. The monoisotopic (exact) mass is 804 g/mol. The first kappa shape index (κ1) is 42.8. The number of nitrogens with zero attached hydrogens (tertiary/aromatic N) is 4. The van der Waals surface area contributed by atoms with Crippen LogP contribution in [0.25, 0.3) is 24.3 Å². The first-order valence-electron chi connectivity index (χ1n) is 18.4. The number of hydrogen-bond acceptors (Lipinski definition) is 6. The summed E-state index contributed by atoms with van der Waals surface area (Å²) in [5.41, 5.74) is 7.15. The topological polar surface area (TPSA) is 72.4 Å². The molecule has 0 aliphatic carbocycles. The van der Waals surface area contributed by atoms with E-state index in [1.165, 1.54) is 48.2 Å². The molecule has 2 aromatic carbocycles. The Labute approximate surface area is 340 Å². The van der Waals surface area contributed by atoms with Crippen molar-refractivity contribution >= 4 is 69.1 Å². The fourth-order valence-electron chi connectivity index (χ4n) is 6.32. The zero-order chi connectivity index (χ0) is 35.8. The van der Waals surface area contributed by atoms with E-state index >= 15 is 0 Å². The number of carbonyl (C=O) groups excluding carboxylic acids is 2. The van der Waals surface area contributed by atoms with Crippen LogP contribution in [0, 0.1) is 0 Å². The van der Waals surface area contributed by atoms with Gasteiger partial charge in [0, 0.05) is 86.4 Å². The van der Waals surface area contributed by atoms with Gasteiger partial charge in [0.25, 0.3) is 11.8 Å². The Kier molecular flexibility index (Phi) is 18.3. The zero-order valence-electron chi connectivity index (χ0n) is 30.6. The molecular formula is C42H50Cl2N6O2S2. The highest BCUT2D eigenvalue weighted by Crippen LogP contribution is 2.23. The number of rotatable bonds is 17. The van der Waals surface area contributed by atoms with Gasteiger partial charge in [-0.05, 0) is 72.2 Å². The number of aromatic nitrogens is 2. The Balaban J connectivity index is 0.00000325. The standard InChI is InChI=1S/C42H48N6O2S2.2ClH/c49-41(33-45-27-17-37(18-28-45)7-5-35-9-13-39(14-10-35)47-23-1-2-24-47)43-21-31-51-52-32-22-44-42(50)34-46-29-19-38(20-30-46)8-6-36-11-15-40(16-12-36)48-25-3-4-26-48;;/h5-20,27-30H,1-4,21-26,31-34H2;2*1H. The average Bonchev–Trinajstić information content (AvgIpc) is 3.92. The summed E-state index contributed by atoms with van der Waals surface area (Å²) in [5, 5.41) is 5.99. The third kappa shape index (κ3) is 14.0. The molecule has 8 nitrogen and oxygen atoms in total. The lowest BCUT2D eigenvalue weighted by Crippen LogP contribution is -3.00. The van der Waals surface area contributed by atoms with Crippen molar-refractivity contribution < 1.29 is 43.5 Å². The Morgan fingerprint density at radius 1 is 0.519 bits per heavy atom. The van der Waals surface area contributed by atoms with Crippen LogP contribution in [0.1, 0.15) is 47.9 Å². The molecule has 0 spiro atoms. The Bertz CT molecular complexity index is 1650. The molecule has 286 valence electrons. The Morgan fingerprint density at radius 3 is 1.17 bits per heavy atom. The molecule has 4 aromatic rings. The highest BCUT2D eigenvalue weighted by Gasteiger charge is 2.13. The van der Waals surface area contributed by atoms with Crippen molar-refractivity contribution in [3.8, 4) is 0 Å². The third-order valence-electron chi connectivity index (χ3n) is 9.25. The van der Waals surface area contributed by atoms with Crippen LogP contribution in [-0.2, 0) is 22.7 Å². The summed E-state index contributed by atoms with van der Waals surface area (Å²) in [4.78, 5) is 29.7. The molecule has 2 aromatic heterocycles. The molecule has 6 rings (SSSR count). The van der Waals surface area contributed by atoms with Gasteiger partial charge in [-0.25, -0.2) is 0 Å². The van der Waals surface area contributed by atoms with Crippen molar-refractivity contribution in [2.75, 3.05) is 60.6 Å². The highest BCUT2D eigenvalue weighted by molar-refractivity contribution is 8.76. The number of amides is 2. The molecule has 0 atom stereocenters. The van der Waals surface area contributed by atoms with Crippen molar-refractivity contribution in [3.63, 3.8) is 0 Å². The van der Waals surface area contributed by atoms with Gasteiger partial charge >= 0.3 is 0 Å². The SMILES string of the molecule is O=C(C[n+]1ccc(C=Cc2ccc(N3CCCC3)cc2)cc1)NCCSSCCNC(=O)C[n+]1ccc(C=Cc2ccc(N3CCCC3)cc2)cc1.[Cl-].[Cl-]. The fourth-order valence-corrected chi connectivity index (χ4v) is 8.14. The molecule has 4 heterocycles. The minimum atomic E-state index is -0.00613. The number of nitrogens with one attached hydrogen (secondary N) is 2. The maximum Gasteiger partial charge on any atom is 0.286 e. The van der Waals surface area contributed by atoms with Gasteiger partial charge in [0.15, 0.2) is 24.8 Å². The number of hydrogen-bond donors (Lipinski definition) is 2. The van der Waals surface area contributed by atoms with Crippen molar-refractivity contribution in [1.82, 2.24) is 10.6 Å². The predicted octanol–water partition coefficient (Wildman–Crippen LogP) is 0.125. The minimum absolute atomic E-state index is 0. The van der Waals surface area contributed by atoms with E-state index in [9.17, 15) is 9.59 Å². The number of pyridine rings is 2. The lowest BCUT2D eigenvalue weighted by atomic mass is 10.1. The molecular weight excluding hydrogens is 756 g/mol. The fraction of sp³-hybridized carbons (Fsp3) is 0.333. The molecule has 54 heavy (non-hydrogen) atoms. The maximum absolute atomic E-state index is 12.4. The van der Waals surface area contributed by atoms with Gasteiger partial charge in [0.2, 0.25) is 13.1 Å². The second-order valence-electron chi connectivity index (χ2n) is 13.2. The van der Waals surface area contributed by atoms with E-state index in [1.54, 1.807) is 21.6 Å². The van der Waals surface area contributed by atoms with Crippen LogP contribution in [0.3, 0.4) is 0 Å². The predicted molar refractivity (Wildman–Crippen MR) is 218 cm³/mol. The van der Waals surface area contributed by atoms with Crippen molar-refractivity contribution in [3.05, 3.63) is 120 Å². The van der Waals surface area contributed by atoms with Gasteiger partial charge in [-0.1, -0.05) is 70.2 Å². The third-order valence-corrected chi connectivity index (χ3v) is 11.7. The number of carbonyl (C=O) groups is 2. The van der Waals surface area contributed by atoms with Crippen LogP contribution >= 0.6 is 21.6 Å². The van der Waals surface area contributed by atoms with Crippen LogP contribution in [0.2, 0.25) is 0 Å². The lowest BCUT2D eigenvalue weighted by Gasteiger charge is -2.17. The van der Waals surface area contributed by atoms with Crippen LogP contribution in [0.5, 0.6) is 0 Å². The van der Waals surface area contributed by atoms with E-state index in [0.717, 1.165) is 48.8 Å². The minimum Gasteiger partial charge on any atom is -1.00 e. The number of halogens is 2. The first-order chi connectivity index (χ1) is 25.6. The van der Waals surface area contributed by atoms with E-state index in [2.05, 4.69) is 93.3 Å². The second kappa shape index (κ2) is 23.1. The molecule has 2 amide bonds. The summed E-state index contributed by atoms with van der Waals surface area (Å²) >= 11 is 0. The van der Waals surface area contributed by atoms with Crippen molar-refractivity contribution in [2.24, 2.45) is 0 Å². The van der Waals surface area contributed by atoms with Gasteiger partial charge in [-0.15, -0.1) is 0 Å². The van der Waals surface area contributed by atoms with E-state index in [0.29, 0.717) is 13.1 Å². The second-order valence-corrected chi connectivity index (χ2v) is 15.9. The summed E-state index contributed by atoms with van der Waals surface area (Å²) in [6, 6.07) is 25.6. The van der Waals surface area contributed by atoms with Crippen molar-refractivity contribution in [1.29, 1.82) is 0 Å². The molecule has 0 radical (unpaired) electrons. The van der Waals surface area contributed by atoms with E-state index in [-0.39, 0.29) is 49.7 Å². The van der Waals surface area contributed by atoms with Gasteiger partial charge in [-0.2, -0.15) is 9.13 Å². The van der Waals surface area contributed by atoms with Gasteiger partial charge in [0.05, 0.1) is 0 Å². The number of benzene rings is 2. The molecule has 2 fully saturated rings. The summed E-state index contributed by atoms with van der Waals surface area (Å²) in [6.07, 6.45) is 21.3. The van der Waals surface area contributed by atoms with Crippen LogP contribution in [-0.4, -0.2) is 62.6 Å². The average molecular weight is 806 g/mol. The summed E-state index contributed by atoms with van der Waals surface area (Å²) in [7, 11) is 3.40. The number of anilines is 2. The molecule has 2 aliphatic rings. The van der Waals surface area contributed by atoms with Gasteiger partial charge < -0.3 is 45.2 Å². The highest BCUT2D eigenvalue weighted by atomic mass is 35.5. The van der Waals surface area contributed by atoms with E-state index < -0.39 is 0 Å². The van der Waals surface area contributed by atoms with Crippen molar-refractivity contribution in [2.45, 2.75) is 38.8 Å². The van der Waals surface area contributed by atoms with E-state index in [1.807, 2.05) is 58.2 Å². The quantitative estimate of drug-likeness (QED) is 0.0900.